The number of nitrogens with one attached hydrogen (secondary N) is 1. The van der Waals surface area contributed by atoms with Crippen LogP contribution in [0, 0.1) is 12.8 Å². The van der Waals surface area contributed by atoms with Crippen molar-refractivity contribution in [2.24, 2.45) is 11.7 Å². The summed E-state index contributed by atoms with van der Waals surface area (Å²) in [4.78, 5) is 12.0. The van der Waals surface area contributed by atoms with Crippen LogP contribution < -0.4 is 15.8 Å². The van der Waals surface area contributed by atoms with Crippen LogP contribution >= 0.6 is 0 Å². The Balaban J connectivity index is 2.84. The summed E-state index contributed by atoms with van der Waals surface area (Å²) < 4.78 is 5.21. The zero-order valence-electron chi connectivity index (χ0n) is 11.5. The van der Waals surface area contributed by atoms with E-state index >= 15 is 0 Å². The van der Waals surface area contributed by atoms with E-state index in [1.54, 1.807) is 7.11 Å². The highest BCUT2D eigenvalue weighted by molar-refractivity contribution is 5.96. The van der Waals surface area contributed by atoms with E-state index in [1.807, 2.05) is 39.0 Å². The van der Waals surface area contributed by atoms with Crippen molar-refractivity contribution >= 4 is 11.6 Å². The molecule has 4 heteroatoms. The van der Waals surface area contributed by atoms with Gasteiger partial charge in [-0.15, -0.1) is 0 Å². The quantitative estimate of drug-likeness (QED) is 0.843. The Morgan fingerprint density at radius 3 is 2.72 bits per heavy atom. The fraction of sp³-hybridized carbons (Fsp3) is 0.500. The summed E-state index contributed by atoms with van der Waals surface area (Å²) in [7, 11) is 1.58. The van der Waals surface area contributed by atoms with Crippen molar-refractivity contribution in [3.05, 3.63) is 23.8 Å². The van der Waals surface area contributed by atoms with Crippen LogP contribution in [0.25, 0.3) is 0 Å². The molecule has 0 aliphatic carbocycles. The molecule has 1 amide bonds. The molecule has 0 saturated heterocycles. The van der Waals surface area contributed by atoms with E-state index in [2.05, 4.69) is 5.32 Å². The van der Waals surface area contributed by atoms with Crippen molar-refractivity contribution < 1.29 is 9.53 Å². The molecule has 2 unspecified atom stereocenters. The van der Waals surface area contributed by atoms with Crippen molar-refractivity contribution in [3.8, 4) is 5.75 Å². The van der Waals surface area contributed by atoms with Crippen LogP contribution in [-0.2, 0) is 4.79 Å². The summed E-state index contributed by atoms with van der Waals surface area (Å²) in [5, 5.41) is 2.83. The molecule has 0 aliphatic rings. The van der Waals surface area contributed by atoms with Crippen molar-refractivity contribution in [1.82, 2.24) is 0 Å². The average Bonchev–Trinajstić information content (AvgIpc) is 2.37. The average molecular weight is 250 g/mol. The zero-order valence-corrected chi connectivity index (χ0v) is 11.5. The summed E-state index contributed by atoms with van der Waals surface area (Å²) in [6.45, 7) is 5.95. The molecule has 100 valence electrons. The normalized spacial score (nSPS) is 13.8. The molecule has 2 atom stereocenters. The second kappa shape index (κ2) is 6.40. The lowest BCUT2D eigenvalue weighted by molar-refractivity contribution is -0.118. The molecule has 1 aromatic carbocycles. The smallest absolute Gasteiger partial charge is 0.241 e. The molecule has 0 spiro atoms. The van der Waals surface area contributed by atoms with Gasteiger partial charge < -0.3 is 15.8 Å². The number of carbonyl (C=O) groups is 1. The van der Waals surface area contributed by atoms with Gasteiger partial charge in [0.25, 0.3) is 0 Å². The number of rotatable bonds is 5. The Labute approximate surface area is 109 Å². The van der Waals surface area contributed by atoms with Gasteiger partial charge in [0.1, 0.15) is 5.75 Å². The monoisotopic (exact) mass is 250 g/mol. The van der Waals surface area contributed by atoms with Crippen LogP contribution in [0.3, 0.4) is 0 Å². The maximum atomic E-state index is 12.0. The van der Waals surface area contributed by atoms with E-state index in [-0.39, 0.29) is 11.8 Å². The van der Waals surface area contributed by atoms with Gasteiger partial charge >= 0.3 is 0 Å². The molecular formula is C14H22N2O2. The molecule has 1 rings (SSSR count). The molecule has 1 aromatic rings. The first kappa shape index (κ1) is 14.5. The maximum Gasteiger partial charge on any atom is 0.241 e. The van der Waals surface area contributed by atoms with Crippen molar-refractivity contribution in [1.29, 1.82) is 0 Å². The van der Waals surface area contributed by atoms with Crippen LogP contribution in [0.2, 0.25) is 0 Å². The Morgan fingerprint density at radius 2 is 2.17 bits per heavy atom. The van der Waals surface area contributed by atoms with Crippen LogP contribution in [0.4, 0.5) is 5.69 Å². The second-order valence-corrected chi connectivity index (χ2v) is 4.60. The van der Waals surface area contributed by atoms with Gasteiger partial charge in [-0.2, -0.15) is 0 Å². The lowest BCUT2D eigenvalue weighted by Gasteiger charge is -2.19. The Bertz CT molecular complexity index is 418. The number of nitrogens with two attached hydrogens (primary N) is 1. The molecule has 4 nitrogen and oxygen atoms in total. The number of hydrogen-bond acceptors (Lipinski definition) is 3. The maximum absolute atomic E-state index is 12.0. The van der Waals surface area contributed by atoms with Gasteiger partial charge in [-0.05, 0) is 30.5 Å². The minimum atomic E-state index is -0.500. The molecule has 0 aliphatic heterocycles. The number of aryl methyl sites for hydroxylation is 1. The number of methoxy groups -OCH3 is 1. The van der Waals surface area contributed by atoms with E-state index < -0.39 is 6.04 Å². The number of amides is 1. The van der Waals surface area contributed by atoms with Crippen LogP contribution in [0.15, 0.2) is 18.2 Å². The number of hydrogen-bond donors (Lipinski definition) is 2. The zero-order chi connectivity index (χ0) is 13.7. The van der Waals surface area contributed by atoms with Crippen LogP contribution in [0.1, 0.15) is 25.8 Å². The molecule has 18 heavy (non-hydrogen) atoms. The third-order valence-electron chi connectivity index (χ3n) is 3.17. The van der Waals surface area contributed by atoms with Gasteiger partial charge in [-0.25, -0.2) is 0 Å². The van der Waals surface area contributed by atoms with Crippen LogP contribution in [0.5, 0.6) is 5.75 Å². The molecule has 0 heterocycles. The van der Waals surface area contributed by atoms with E-state index in [9.17, 15) is 4.79 Å². The molecule has 0 bridgehead atoms. The Kier molecular flexibility index (Phi) is 5.16. The first-order chi connectivity index (χ1) is 8.49. The number of carbonyl (C=O) groups excluding carboxylic acids is 1. The minimum Gasteiger partial charge on any atom is -0.495 e. The van der Waals surface area contributed by atoms with Gasteiger partial charge in [-0.1, -0.05) is 26.3 Å². The molecular weight excluding hydrogens is 228 g/mol. The standard InChI is InChI=1S/C14H22N2O2/c1-5-10(3)13(15)14(17)16-11-8-9(2)6-7-12(11)18-4/h6-8,10,13H,5,15H2,1-4H3,(H,16,17). The van der Waals surface area contributed by atoms with Crippen molar-refractivity contribution in [2.45, 2.75) is 33.2 Å². The van der Waals surface area contributed by atoms with Crippen LogP contribution in [-0.4, -0.2) is 19.1 Å². The first-order valence-corrected chi connectivity index (χ1v) is 6.20. The van der Waals surface area contributed by atoms with Gasteiger partial charge in [0.2, 0.25) is 5.91 Å². The molecule has 0 aromatic heterocycles. The molecule has 0 radical (unpaired) electrons. The summed E-state index contributed by atoms with van der Waals surface area (Å²) in [6.07, 6.45) is 0.875. The fourth-order valence-electron chi connectivity index (χ4n) is 1.65. The summed E-state index contributed by atoms with van der Waals surface area (Å²) in [5.41, 5.74) is 7.62. The lowest BCUT2D eigenvalue weighted by Crippen LogP contribution is -2.40. The number of benzene rings is 1. The SMILES string of the molecule is CCC(C)C(N)C(=O)Nc1cc(C)ccc1OC. The summed E-state index contributed by atoms with van der Waals surface area (Å²) in [5.74, 6) is 0.624. The molecule has 0 saturated carbocycles. The third-order valence-corrected chi connectivity index (χ3v) is 3.17. The highest BCUT2D eigenvalue weighted by Crippen LogP contribution is 2.25. The molecule has 0 fully saturated rings. The van der Waals surface area contributed by atoms with E-state index in [1.165, 1.54) is 0 Å². The molecule has 3 N–H and O–H groups in total. The highest BCUT2D eigenvalue weighted by atomic mass is 16.5. The number of anilines is 1. The van der Waals surface area contributed by atoms with Gasteiger partial charge in [0, 0.05) is 0 Å². The van der Waals surface area contributed by atoms with Gasteiger partial charge in [-0.3, -0.25) is 4.79 Å². The predicted molar refractivity (Wildman–Crippen MR) is 73.8 cm³/mol. The fourth-order valence-corrected chi connectivity index (χ4v) is 1.65. The largest absolute Gasteiger partial charge is 0.495 e. The van der Waals surface area contributed by atoms with Gasteiger partial charge in [0.15, 0.2) is 0 Å². The summed E-state index contributed by atoms with van der Waals surface area (Å²) >= 11 is 0. The van der Waals surface area contributed by atoms with E-state index in [0.29, 0.717) is 11.4 Å². The Hall–Kier alpha value is -1.55. The lowest BCUT2D eigenvalue weighted by atomic mass is 9.99. The third kappa shape index (κ3) is 3.47. The first-order valence-electron chi connectivity index (χ1n) is 6.20. The predicted octanol–water partition coefficient (Wildman–Crippen LogP) is 2.32. The topological polar surface area (TPSA) is 64.4 Å². The minimum absolute atomic E-state index is 0.154. The Morgan fingerprint density at radius 1 is 1.50 bits per heavy atom. The van der Waals surface area contributed by atoms with E-state index in [0.717, 1.165) is 12.0 Å². The number of ether oxygens (including phenoxy) is 1. The van der Waals surface area contributed by atoms with E-state index in [4.69, 9.17) is 10.5 Å². The second-order valence-electron chi connectivity index (χ2n) is 4.60. The summed E-state index contributed by atoms with van der Waals surface area (Å²) in [6, 6.07) is 5.14. The van der Waals surface area contributed by atoms with Crippen molar-refractivity contribution in [2.75, 3.05) is 12.4 Å². The van der Waals surface area contributed by atoms with Gasteiger partial charge in [0.05, 0.1) is 18.8 Å². The van der Waals surface area contributed by atoms with Crippen molar-refractivity contribution in [3.63, 3.8) is 0 Å². The highest BCUT2D eigenvalue weighted by Gasteiger charge is 2.20.